The second kappa shape index (κ2) is 9.13. The molecular weight excluding hydrogens is 368 g/mol. The maximum atomic E-state index is 12.4. The molecule has 0 unspecified atom stereocenters. The van der Waals surface area contributed by atoms with Crippen molar-refractivity contribution < 1.29 is 23.0 Å². The van der Waals surface area contributed by atoms with Crippen molar-refractivity contribution in [2.45, 2.75) is 38.4 Å². The molecule has 1 N–H and O–H groups in total. The topological polar surface area (TPSA) is 84.2 Å². The third-order valence-electron chi connectivity index (χ3n) is 4.54. The van der Waals surface area contributed by atoms with Crippen LogP contribution in [0.2, 0.25) is 0 Å². The summed E-state index contributed by atoms with van der Waals surface area (Å²) in [5.41, 5.74) is 1.02. The van der Waals surface area contributed by atoms with Crippen molar-refractivity contribution in [1.82, 2.24) is 4.98 Å². The maximum absolute atomic E-state index is 12.4. The fourth-order valence-electron chi connectivity index (χ4n) is 3.12. The van der Waals surface area contributed by atoms with Gasteiger partial charge in [0.05, 0.1) is 11.6 Å². The van der Waals surface area contributed by atoms with Crippen LogP contribution in [0, 0.1) is 17.2 Å². The Bertz CT molecular complexity index is 845. The average Bonchev–Trinajstić information content (AvgIpc) is 2.70. The Balaban J connectivity index is 1.47. The molecule has 8 heteroatoms. The number of carbonyl (C=O) groups excluding carboxylic acids is 1. The van der Waals surface area contributed by atoms with Crippen molar-refractivity contribution in [3.8, 4) is 17.7 Å². The number of anilines is 1. The second-order valence-electron chi connectivity index (χ2n) is 6.48. The Morgan fingerprint density at radius 3 is 2.54 bits per heavy atom. The number of amides is 1. The highest BCUT2D eigenvalue weighted by Gasteiger charge is 2.27. The number of hydrogen-bond donors (Lipinski definition) is 1. The molecule has 6 nitrogen and oxygen atoms in total. The molecule has 1 aliphatic rings. The quantitative estimate of drug-likeness (QED) is 0.806. The first-order valence-electron chi connectivity index (χ1n) is 8.92. The lowest BCUT2D eigenvalue weighted by Crippen LogP contribution is -2.31. The summed E-state index contributed by atoms with van der Waals surface area (Å²) in [5.74, 6) is 0.207. The fourth-order valence-corrected chi connectivity index (χ4v) is 3.12. The van der Waals surface area contributed by atoms with E-state index < -0.39 is 6.61 Å². The van der Waals surface area contributed by atoms with E-state index in [0.29, 0.717) is 42.8 Å². The summed E-state index contributed by atoms with van der Waals surface area (Å²) >= 11 is 0. The number of aromatic nitrogens is 1. The zero-order valence-corrected chi connectivity index (χ0v) is 15.0. The van der Waals surface area contributed by atoms with Crippen LogP contribution in [0.15, 0.2) is 42.6 Å². The van der Waals surface area contributed by atoms with Crippen LogP contribution >= 0.6 is 0 Å². The molecule has 0 saturated heterocycles. The van der Waals surface area contributed by atoms with E-state index in [9.17, 15) is 13.6 Å². The smallest absolute Gasteiger partial charge is 0.387 e. The Kier molecular flexibility index (Phi) is 6.37. The monoisotopic (exact) mass is 387 g/mol. The molecule has 0 radical (unpaired) electrons. The second-order valence-corrected chi connectivity index (χ2v) is 6.48. The number of alkyl halides is 2. The predicted octanol–water partition coefficient (Wildman–Crippen LogP) is 4.13. The first kappa shape index (κ1) is 19.5. The van der Waals surface area contributed by atoms with Crippen molar-refractivity contribution in [3.63, 3.8) is 0 Å². The van der Waals surface area contributed by atoms with E-state index in [4.69, 9.17) is 10.00 Å². The van der Waals surface area contributed by atoms with E-state index in [1.807, 2.05) is 6.07 Å². The van der Waals surface area contributed by atoms with E-state index in [2.05, 4.69) is 15.0 Å². The molecule has 0 aliphatic heterocycles. The number of hydrogen-bond acceptors (Lipinski definition) is 5. The van der Waals surface area contributed by atoms with E-state index in [1.165, 1.54) is 30.5 Å². The van der Waals surface area contributed by atoms with Crippen molar-refractivity contribution in [2.75, 3.05) is 5.32 Å². The molecular formula is C20H19F2N3O3. The minimum atomic E-state index is -2.88. The molecule has 1 heterocycles. The lowest BCUT2D eigenvalue weighted by molar-refractivity contribution is -0.121. The first-order valence-corrected chi connectivity index (χ1v) is 8.92. The Morgan fingerprint density at radius 2 is 1.89 bits per heavy atom. The van der Waals surface area contributed by atoms with Crippen molar-refractivity contribution in [1.29, 1.82) is 5.26 Å². The van der Waals surface area contributed by atoms with Gasteiger partial charge in [-0.3, -0.25) is 4.79 Å². The molecule has 0 bridgehead atoms. The largest absolute Gasteiger partial charge is 0.474 e. The number of benzene rings is 1. The van der Waals surface area contributed by atoms with Gasteiger partial charge >= 0.3 is 6.61 Å². The van der Waals surface area contributed by atoms with Crippen LogP contribution in [0.3, 0.4) is 0 Å². The zero-order chi connectivity index (χ0) is 19.9. The van der Waals surface area contributed by atoms with E-state index in [0.717, 1.165) is 0 Å². The van der Waals surface area contributed by atoms with Gasteiger partial charge in [-0.2, -0.15) is 14.0 Å². The van der Waals surface area contributed by atoms with Crippen LogP contribution in [-0.2, 0) is 4.79 Å². The molecule has 1 aromatic carbocycles. The summed E-state index contributed by atoms with van der Waals surface area (Å²) < 4.78 is 34.4. The summed E-state index contributed by atoms with van der Waals surface area (Å²) in [6, 6.07) is 11.1. The van der Waals surface area contributed by atoms with Gasteiger partial charge in [0.15, 0.2) is 0 Å². The van der Waals surface area contributed by atoms with Gasteiger partial charge in [-0.25, -0.2) is 4.98 Å². The maximum Gasteiger partial charge on any atom is 0.387 e. The van der Waals surface area contributed by atoms with Crippen molar-refractivity contribution in [2.24, 2.45) is 5.92 Å². The normalized spacial score (nSPS) is 18.9. The van der Waals surface area contributed by atoms with Gasteiger partial charge in [-0.1, -0.05) is 0 Å². The lowest BCUT2D eigenvalue weighted by Gasteiger charge is -2.28. The van der Waals surface area contributed by atoms with Crippen LogP contribution in [0.5, 0.6) is 11.6 Å². The molecule has 28 heavy (non-hydrogen) atoms. The van der Waals surface area contributed by atoms with Crippen molar-refractivity contribution >= 4 is 11.6 Å². The number of ether oxygens (including phenoxy) is 2. The molecule has 0 spiro atoms. The third-order valence-corrected chi connectivity index (χ3v) is 4.54. The van der Waals surface area contributed by atoms with E-state index >= 15 is 0 Å². The summed E-state index contributed by atoms with van der Waals surface area (Å²) in [5, 5.41) is 11.7. The van der Waals surface area contributed by atoms with Gasteiger partial charge in [-0.05, 0) is 56.0 Å². The molecule has 1 saturated carbocycles. The number of nitrogens with one attached hydrogen (secondary N) is 1. The molecule has 1 aliphatic carbocycles. The highest BCUT2D eigenvalue weighted by Crippen LogP contribution is 2.28. The minimum absolute atomic E-state index is 0.0414. The number of halogens is 2. The summed E-state index contributed by atoms with van der Waals surface area (Å²) in [7, 11) is 0. The lowest BCUT2D eigenvalue weighted by atomic mass is 9.86. The number of carbonyl (C=O) groups is 1. The highest BCUT2D eigenvalue weighted by molar-refractivity contribution is 5.92. The van der Waals surface area contributed by atoms with Gasteiger partial charge in [-0.15, -0.1) is 0 Å². The van der Waals surface area contributed by atoms with E-state index in [-0.39, 0.29) is 23.7 Å². The Hall–Kier alpha value is -3.21. The van der Waals surface area contributed by atoms with E-state index in [1.54, 1.807) is 12.1 Å². The first-order chi connectivity index (χ1) is 13.5. The van der Waals surface area contributed by atoms with Gasteiger partial charge in [0.1, 0.15) is 11.9 Å². The number of rotatable bonds is 6. The van der Waals surface area contributed by atoms with Gasteiger partial charge < -0.3 is 14.8 Å². The molecule has 1 fully saturated rings. The molecule has 2 aromatic rings. The number of nitrogens with zero attached hydrogens (tertiary/aromatic N) is 2. The van der Waals surface area contributed by atoms with Crippen LogP contribution in [0.25, 0.3) is 0 Å². The van der Waals surface area contributed by atoms with Gasteiger partial charge in [0.25, 0.3) is 0 Å². The fraction of sp³-hybridized carbons (Fsp3) is 0.350. The Morgan fingerprint density at radius 1 is 1.18 bits per heavy atom. The van der Waals surface area contributed by atoms with Crippen LogP contribution in [-0.4, -0.2) is 23.6 Å². The predicted molar refractivity (Wildman–Crippen MR) is 97.0 cm³/mol. The van der Waals surface area contributed by atoms with Crippen LogP contribution < -0.4 is 14.8 Å². The van der Waals surface area contributed by atoms with Crippen molar-refractivity contribution in [3.05, 3.63) is 48.2 Å². The average molecular weight is 387 g/mol. The SMILES string of the molecule is N#Cc1ccnc(O[C@H]2CC[C@@H](C(=O)Nc3ccc(OC(F)F)cc3)CC2)c1. The Labute approximate surface area is 161 Å². The molecule has 146 valence electrons. The van der Waals surface area contributed by atoms with Crippen LogP contribution in [0.4, 0.5) is 14.5 Å². The standard InChI is InChI=1S/C20H19F2N3O3/c21-20(22)28-17-7-3-15(4-8-17)25-19(26)14-1-5-16(6-2-14)27-18-11-13(12-23)9-10-24-18/h3-4,7-11,14,16,20H,1-2,5-6H2,(H,25,26)/t14-,16+. The summed E-state index contributed by atoms with van der Waals surface area (Å²) in [4.78, 5) is 16.5. The summed E-state index contributed by atoms with van der Waals surface area (Å²) in [6.45, 7) is -2.88. The molecule has 1 aromatic heterocycles. The number of pyridine rings is 1. The van der Waals surface area contributed by atoms with Gasteiger partial charge in [0, 0.05) is 23.9 Å². The minimum Gasteiger partial charge on any atom is -0.474 e. The van der Waals surface area contributed by atoms with Gasteiger partial charge in [0.2, 0.25) is 11.8 Å². The zero-order valence-electron chi connectivity index (χ0n) is 15.0. The third kappa shape index (κ3) is 5.39. The summed E-state index contributed by atoms with van der Waals surface area (Å²) in [6.07, 6.45) is 4.23. The highest BCUT2D eigenvalue weighted by atomic mass is 19.3. The molecule has 1 amide bonds. The number of nitriles is 1. The molecule has 3 rings (SSSR count). The molecule has 0 atom stereocenters. The van der Waals surface area contributed by atoms with Crippen LogP contribution in [0.1, 0.15) is 31.2 Å².